The number of hydrogen-bond donors (Lipinski definition) is 1. The lowest BCUT2D eigenvalue weighted by Crippen LogP contribution is -2.01. The molecule has 0 saturated carbocycles. The first-order valence-electron chi connectivity index (χ1n) is 5.71. The first kappa shape index (κ1) is 12.8. The molecule has 4 nitrogen and oxygen atoms in total. The lowest BCUT2D eigenvalue weighted by Gasteiger charge is -2.08. The molecule has 2 aromatic rings. The first-order valence-corrected chi connectivity index (χ1v) is 5.71. The second-order valence-corrected chi connectivity index (χ2v) is 3.84. The van der Waals surface area contributed by atoms with E-state index in [1.807, 2.05) is 0 Å². The molecular formula is C15H13NO3. The van der Waals surface area contributed by atoms with Gasteiger partial charge in [0.15, 0.2) is 0 Å². The van der Waals surface area contributed by atoms with E-state index >= 15 is 0 Å². The highest BCUT2D eigenvalue weighted by Crippen LogP contribution is 2.27. The fourth-order valence-electron chi connectivity index (χ4n) is 1.75. The number of nitrogens with zero attached hydrogens (tertiary/aromatic N) is 1. The maximum atomic E-state index is 11.4. The van der Waals surface area contributed by atoms with Crippen molar-refractivity contribution in [3.63, 3.8) is 0 Å². The number of carbonyl (C=O) groups is 1. The second-order valence-electron chi connectivity index (χ2n) is 3.84. The minimum Gasteiger partial charge on any atom is -0.496 e. The monoisotopic (exact) mass is 255 g/mol. The highest BCUT2D eigenvalue weighted by molar-refractivity contribution is 6.21. The summed E-state index contributed by atoms with van der Waals surface area (Å²) in [6.07, 6.45) is 4.84. The smallest absolute Gasteiger partial charge is 0.336 e. The van der Waals surface area contributed by atoms with Gasteiger partial charge in [0, 0.05) is 18.0 Å². The van der Waals surface area contributed by atoms with Gasteiger partial charge >= 0.3 is 5.97 Å². The number of pyridine rings is 1. The third kappa shape index (κ3) is 2.98. The summed E-state index contributed by atoms with van der Waals surface area (Å²) >= 11 is 0. The van der Waals surface area contributed by atoms with Crippen LogP contribution in [0.3, 0.4) is 0 Å². The van der Waals surface area contributed by atoms with Crippen LogP contribution in [0.15, 0.2) is 48.8 Å². The van der Waals surface area contributed by atoms with Gasteiger partial charge in [-0.1, -0.05) is 18.2 Å². The fraction of sp³-hybridized carbons (Fsp3) is 0.0667. The van der Waals surface area contributed by atoms with Gasteiger partial charge in [0.2, 0.25) is 0 Å². The highest BCUT2D eigenvalue weighted by atomic mass is 16.5. The molecule has 1 N–H and O–H groups in total. The fourth-order valence-corrected chi connectivity index (χ4v) is 1.75. The largest absolute Gasteiger partial charge is 0.496 e. The van der Waals surface area contributed by atoms with E-state index in [1.165, 1.54) is 7.11 Å². The van der Waals surface area contributed by atoms with E-state index in [1.54, 1.807) is 54.9 Å². The summed E-state index contributed by atoms with van der Waals surface area (Å²) in [6, 6.07) is 10.5. The average Bonchev–Trinajstić information content (AvgIpc) is 2.45. The van der Waals surface area contributed by atoms with Gasteiger partial charge in [0.25, 0.3) is 0 Å². The standard InChI is InChI=1S/C15H13NO3/c1-19-14-5-3-2-4-12(14)13(15(17)18)10-11-6-8-16-9-7-11/h2-10H,1H3,(H,17,18)/b13-10+. The molecule has 96 valence electrons. The molecule has 0 aliphatic rings. The van der Waals surface area contributed by atoms with Gasteiger partial charge in [-0.3, -0.25) is 4.98 Å². The third-order valence-electron chi connectivity index (χ3n) is 2.64. The Morgan fingerprint density at radius 2 is 1.89 bits per heavy atom. The van der Waals surface area contributed by atoms with Crippen molar-refractivity contribution < 1.29 is 14.6 Å². The molecule has 19 heavy (non-hydrogen) atoms. The number of methoxy groups -OCH3 is 1. The Morgan fingerprint density at radius 3 is 2.53 bits per heavy atom. The Kier molecular flexibility index (Phi) is 3.93. The van der Waals surface area contributed by atoms with Crippen molar-refractivity contribution in [2.75, 3.05) is 7.11 Å². The lowest BCUT2D eigenvalue weighted by molar-refractivity contribution is -0.130. The molecule has 0 radical (unpaired) electrons. The zero-order valence-corrected chi connectivity index (χ0v) is 10.4. The van der Waals surface area contributed by atoms with Crippen LogP contribution in [0.4, 0.5) is 0 Å². The zero-order valence-electron chi connectivity index (χ0n) is 10.4. The van der Waals surface area contributed by atoms with Crippen LogP contribution in [-0.2, 0) is 4.79 Å². The number of benzene rings is 1. The van der Waals surface area contributed by atoms with E-state index in [4.69, 9.17) is 4.74 Å². The molecule has 4 heteroatoms. The van der Waals surface area contributed by atoms with E-state index < -0.39 is 5.97 Å². The molecule has 1 aromatic carbocycles. The van der Waals surface area contributed by atoms with Crippen molar-refractivity contribution in [3.8, 4) is 5.75 Å². The lowest BCUT2D eigenvalue weighted by atomic mass is 10.0. The second kappa shape index (κ2) is 5.82. The van der Waals surface area contributed by atoms with Gasteiger partial charge in [-0.25, -0.2) is 4.79 Å². The van der Waals surface area contributed by atoms with Crippen LogP contribution in [-0.4, -0.2) is 23.2 Å². The zero-order chi connectivity index (χ0) is 13.7. The summed E-state index contributed by atoms with van der Waals surface area (Å²) in [5, 5.41) is 9.37. The van der Waals surface area contributed by atoms with Crippen LogP contribution in [0.1, 0.15) is 11.1 Å². The Balaban J connectivity index is 2.52. The Hall–Kier alpha value is -2.62. The summed E-state index contributed by atoms with van der Waals surface area (Å²) in [5.74, 6) is -0.466. The molecule has 1 aromatic heterocycles. The first-order chi connectivity index (χ1) is 9.22. The summed E-state index contributed by atoms with van der Waals surface area (Å²) < 4.78 is 5.20. The molecule has 0 saturated heterocycles. The molecule has 2 rings (SSSR count). The van der Waals surface area contributed by atoms with Crippen LogP contribution in [0, 0.1) is 0 Å². The Morgan fingerprint density at radius 1 is 1.21 bits per heavy atom. The summed E-state index contributed by atoms with van der Waals surface area (Å²) in [7, 11) is 1.52. The number of aliphatic carboxylic acids is 1. The topological polar surface area (TPSA) is 59.4 Å². The number of carboxylic acids is 1. The molecule has 0 bridgehead atoms. The predicted octanol–water partition coefficient (Wildman–Crippen LogP) is 2.72. The van der Waals surface area contributed by atoms with Gasteiger partial charge in [0.1, 0.15) is 5.75 Å². The molecule has 0 fully saturated rings. The Bertz CT molecular complexity index is 606. The van der Waals surface area contributed by atoms with Gasteiger partial charge in [-0.05, 0) is 29.8 Å². The SMILES string of the molecule is COc1ccccc1/C(=C\c1ccncc1)C(=O)O. The summed E-state index contributed by atoms with van der Waals surface area (Å²) in [4.78, 5) is 15.3. The average molecular weight is 255 g/mol. The van der Waals surface area contributed by atoms with Crippen molar-refractivity contribution in [1.29, 1.82) is 0 Å². The van der Waals surface area contributed by atoms with E-state index in [9.17, 15) is 9.90 Å². The van der Waals surface area contributed by atoms with Crippen LogP contribution < -0.4 is 4.74 Å². The summed E-state index contributed by atoms with van der Waals surface area (Å²) in [5.41, 5.74) is 1.51. The van der Waals surface area contributed by atoms with Crippen molar-refractivity contribution in [2.45, 2.75) is 0 Å². The van der Waals surface area contributed by atoms with E-state index in [0.717, 1.165) is 5.56 Å². The van der Waals surface area contributed by atoms with Crippen LogP contribution in [0.2, 0.25) is 0 Å². The van der Waals surface area contributed by atoms with Gasteiger partial charge in [-0.2, -0.15) is 0 Å². The summed E-state index contributed by atoms with van der Waals surface area (Å²) in [6.45, 7) is 0. The van der Waals surface area contributed by atoms with Crippen molar-refractivity contribution in [3.05, 3.63) is 59.9 Å². The van der Waals surface area contributed by atoms with E-state index in [2.05, 4.69) is 4.98 Å². The van der Waals surface area contributed by atoms with Gasteiger partial charge in [-0.15, -0.1) is 0 Å². The van der Waals surface area contributed by atoms with Gasteiger partial charge < -0.3 is 9.84 Å². The molecule has 0 unspecified atom stereocenters. The van der Waals surface area contributed by atoms with Crippen LogP contribution >= 0.6 is 0 Å². The minimum atomic E-state index is -0.999. The van der Waals surface area contributed by atoms with Crippen molar-refractivity contribution in [1.82, 2.24) is 4.98 Å². The number of hydrogen-bond acceptors (Lipinski definition) is 3. The molecule has 0 atom stereocenters. The maximum Gasteiger partial charge on any atom is 0.336 e. The third-order valence-corrected chi connectivity index (χ3v) is 2.64. The quantitative estimate of drug-likeness (QED) is 0.853. The molecule has 0 amide bonds. The van der Waals surface area contributed by atoms with Gasteiger partial charge in [0.05, 0.1) is 12.7 Å². The molecular weight excluding hydrogens is 242 g/mol. The van der Waals surface area contributed by atoms with Crippen molar-refractivity contribution >= 4 is 17.6 Å². The molecule has 0 spiro atoms. The Labute approximate surface area is 111 Å². The number of carboxylic acid groups (broad SMARTS) is 1. The highest BCUT2D eigenvalue weighted by Gasteiger charge is 2.14. The van der Waals surface area contributed by atoms with E-state index in [0.29, 0.717) is 11.3 Å². The number of ether oxygens (including phenoxy) is 1. The minimum absolute atomic E-state index is 0.184. The molecule has 1 heterocycles. The van der Waals surface area contributed by atoms with Crippen LogP contribution in [0.5, 0.6) is 5.75 Å². The number of para-hydroxylation sites is 1. The molecule has 0 aliphatic carbocycles. The normalized spacial score (nSPS) is 11.1. The number of aromatic nitrogens is 1. The predicted molar refractivity (Wildman–Crippen MR) is 72.7 cm³/mol. The van der Waals surface area contributed by atoms with Crippen LogP contribution in [0.25, 0.3) is 11.6 Å². The maximum absolute atomic E-state index is 11.4. The van der Waals surface area contributed by atoms with E-state index in [-0.39, 0.29) is 5.57 Å². The van der Waals surface area contributed by atoms with Crippen molar-refractivity contribution in [2.24, 2.45) is 0 Å². The molecule has 0 aliphatic heterocycles. The number of rotatable bonds is 4.